The number of aliphatic hydroxyl groups is 1. The van der Waals surface area contributed by atoms with Crippen molar-refractivity contribution in [3.63, 3.8) is 0 Å². The van der Waals surface area contributed by atoms with E-state index in [0.29, 0.717) is 18.2 Å². The molecular weight excluding hydrogens is 234 g/mol. The molecule has 2 saturated heterocycles. The van der Waals surface area contributed by atoms with E-state index in [-0.39, 0.29) is 0 Å². The van der Waals surface area contributed by atoms with Crippen LogP contribution in [-0.2, 0) is 4.74 Å². The van der Waals surface area contributed by atoms with Gasteiger partial charge in [-0.05, 0) is 51.0 Å². The molecule has 0 amide bonds. The molecule has 0 aromatic rings. The van der Waals surface area contributed by atoms with E-state index < -0.39 is 5.60 Å². The third-order valence-electron chi connectivity index (χ3n) is 3.84. The number of thioether (sulfide) groups is 1. The summed E-state index contributed by atoms with van der Waals surface area (Å²) in [6, 6.07) is 0.507. The molecule has 2 aliphatic rings. The van der Waals surface area contributed by atoms with Gasteiger partial charge in [-0.25, -0.2) is 0 Å². The number of hydrogen-bond acceptors (Lipinski definition) is 4. The third-order valence-corrected chi connectivity index (χ3v) is 4.83. The fourth-order valence-corrected chi connectivity index (χ4v) is 4.09. The summed E-state index contributed by atoms with van der Waals surface area (Å²) in [5, 5.41) is 14.0. The molecule has 2 fully saturated rings. The van der Waals surface area contributed by atoms with E-state index in [4.69, 9.17) is 4.74 Å². The average molecular weight is 259 g/mol. The van der Waals surface area contributed by atoms with Crippen LogP contribution in [0.4, 0.5) is 0 Å². The van der Waals surface area contributed by atoms with Crippen LogP contribution in [0.5, 0.6) is 0 Å². The number of ether oxygens (including phenoxy) is 1. The second-order valence-corrected chi connectivity index (χ2v) is 6.87. The molecule has 0 saturated carbocycles. The summed E-state index contributed by atoms with van der Waals surface area (Å²) in [6.45, 7) is 5.02. The predicted octanol–water partition coefficient (Wildman–Crippen LogP) is 1.79. The van der Waals surface area contributed by atoms with E-state index in [9.17, 15) is 5.11 Å². The van der Waals surface area contributed by atoms with Crippen molar-refractivity contribution >= 4 is 11.8 Å². The molecule has 0 radical (unpaired) electrons. The molecule has 100 valence electrons. The quantitative estimate of drug-likeness (QED) is 0.811. The van der Waals surface area contributed by atoms with Crippen LogP contribution in [0.2, 0.25) is 0 Å². The Hall–Kier alpha value is 0.230. The molecule has 2 atom stereocenters. The number of nitrogens with one attached hydrogen (secondary N) is 1. The minimum Gasteiger partial charge on any atom is -0.389 e. The molecule has 4 heteroatoms. The molecule has 2 N–H and O–H groups in total. The first kappa shape index (κ1) is 13.7. The Kier molecular flexibility index (Phi) is 4.75. The highest BCUT2D eigenvalue weighted by atomic mass is 32.2. The average Bonchev–Trinajstić information content (AvgIpc) is 2.26. The summed E-state index contributed by atoms with van der Waals surface area (Å²) >= 11 is 1.95. The van der Waals surface area contributed by atoms with Crippen molar-refractivity contribution < 1.29 is 9.84 Å². The summed E-state index contributed by atoms with van der Waals surface area (Å²) in [4.78, 5) is 0. The smallest absolute Gasteiger partial charge is 0.0787 e. The first-order chi connectivity index (χ1) is 8.07. The zero-order chi connectivity index (χ0) is 12.3. The van der Waals surface area contributed by atoms with Crippen LogP contribution < -0.4 is 5.32 Å². The molecule has 2 rings (SSSR count). The molecule has 0 spiro atoms. The summed E-state index contributed by atoms with van der Waals surface area (Å²) < 4.78 is 5.73. The largest absolute Gasteiger partial charge is 0.389 e. The second-order valence-electron chi connectivity index (χ2n) is 5.64. The van der Waals surface area contributed by atoms with Gasteiger partial charge in [0.1, 0.15) is 0 Å². The van der Waals surface area contributed by atoms with Gasteiger partial charge in [0.25, 0.3) is 0 Å². The standard InChI is InChI=1S/C13H25NO2S/c1-10-7-12(8-11(2)16-10)14-9-13(15)3-5-17-6-4-13/h10-12,14-15H,3-9H2,1-2H3. The number of rotatable bonds is 3. The maximum Gasteiger partial charge on any atom is 0.0787 e. The molecule has 0 aromatic carbocycles. The van der Waals surface area contributed by atoms with Crippen molar-refractivity contribution in [2.45, 2.75) is 63.4 Å². The van der Waals surface area contributed by atoms with E-state index in [1.807, 2.05) is 11.8 Å². The van der Waals surface area contributed by atoms with Crippen LogP contribution in [0, 0.1) is 0 Å². The van der Waals surface area contributed by atoms with Gasteiger partial charge in [-0.1, -0.05) is 0 Å². The van der Waals surface area contributed by atoms with Gasteiger partial charge in [0.15, 0.2) is 0 Å². The first-order valence-electron chi connectivity index (χ1n) is 6.76. The Labute approximate surface area is 109 Å². The van der Waals surface area contributed by atoms with Gasteiger partial charge >= 0.3 is 0 Å². The molecule has 17 heavy (non-hydrogen) atoms. The first-order valence-corrected chi connectivity index (χ1v) is 7.92. The molecule has 0 aromatic heterocycles. The van der Waals surface area contributed by atoms with Gasteiger partial charge in [-0.15, -0.1) is 0 Å². The van der Waals surface area contributed by atoms with Crippen molar-refractivity contribution in [1.82, 2.24) is 5.32 Å². The molecular formula is C13H25NO2S. The molecule has 2 heterocycles. The Bertz CT molecular complexity index is 234. The lowest BCUT2D eigenvalue weighted by Crippen LogP contribution is -2.49. The van der Waals surface area contributed by atoms with Crippen LogP contribution in [0.25, 0.3) is 0 Å². The third kappa shape index (κ3) is 4.12. The van der Waals surface area contributed by atoms with Gasteiger partial charge in [0.2, 0.25) is 0 Å². The van der Waals surface area contributed by atoms with Crippen molar-refractivity contribution in [2.24, 2.45) is 0 Å². The normalized spacial score (nSPS) is 37.9. The summed E-state index contributed by atoms with van der Waals surface area (Å²) in [6.07, 6.45) is 4.67. The van der Waals surface area contributed by atoms with Crippen LogP contribution in [-0.4, -0.2) is 47.0 Å². The lowest BCUT2D eigenvalue weighted by Gasteiger charge is -2.37. The lowest BCUT2D eigenvalue weighted by molar-refractivity contribution is -0.0474. The van der Waals surface area contributed by atoms with E-state index in [1.54, 1.807) is 0 Å². The lowest BCUT2D eigenvalue weighted by atomic mass is 9.94. The van der Waals surface area contributed by atoms with Crippen LogP contribution in [0.15, 0.2) is 0 Å². The Morgan fingerprint density at radius 2 is 1.82 bits per heavy atom. The Morgan fingerprint density at radius 3 is 2.41 bits per heavy atom. The summed E-state index contributed by atoms with van der Waals surface area (Å²) in [7, 11) is 0. The van der Waals surface area contributed by atoms with Crippen LogP contribution >= 0.6 is 11.8 Å². The van der Waals surface area contributed by atoms with E-state index in [2.05, 4.69) is 19.2 Å². The minimum atomic E-state index is -0.462. The van der Waals surface area contributed by atoms with E-state index in [1.165, 1.54) is 0 Å². The van der Waals surface area contributed by atoms with E-state index in [0.717, 1.165) is 43.7 Å². The molecule has 0 bridgehead atoms. The molecule has 2 aliphatic heterocycles. The highest BCUT2D eigenvalue weighted by molar-refractivity contribution is 7.99. The monoisotopic (exact) mass is 259 g/mol. The maximum absolute atomic E-state index is 10.4. The SMILES string of the molecule is CC1CC(NCC2(O)CCSCC2)CC(C)O1. The van der Waals surface area contributed by atoms with Crippen molar-refractivity contribution in [2.75, 3.05) is 18.1 Å². The number of hydrogen-bond donors (Lipinski definition) is 2. The van der Waals surface area contributed by atoms with Gasteiger partial charge in [0.05, 0.1) is 17.8 Å². The zero-order valence-electron chi connectivity index (χ0n) is 10.9. The Morgan fingerprint density at radius 1 is 1.24 bits per heavy atom. The van der Waals surface area contributed by atoms with E-state index >= 15 is 0 Å². The summed E-state index contributed by atoms with van der Waals surface area (Å²) in [5.41, 5.74) is -0.462. The minimum absolute atomic E-state index is 0.341. The topological polar surface area (TPSA) is 41.5 Å². The second kappa shape index (κ2) is 5.91. The summed E-state index contributed by atoms with van der Waals surface area (Å²) in [5.74, 6) is 2.19. The van der Waals surface area contributed by atoms with Gasteiger partial charge in [-0.3, -0.25) is 0 Å². The van der Waals surface area contributed by atoms with Crippen molar-refractivity contribution in [1.29, 1.82) is 0 Å². The molecule has 0 aliphatic carbocycles. The van der Waals surface area contributed by atoms with Crippen molar-refractivity contribution in [3.05, 3.63) is 0 Å². The van der Waals surface area contributed by atoms with Gasteiger partial charge in [0, 0.05) is 12.6 Å². The van der Waals surface area contributed by atoms with Crippen molar-refractivity contribution in [3.8, 4) is 0 Å². The molecule has 3 nitrogen and oxygen atoms in total. The Balaban J connectivity index is 1.76. The highest BCUT2D eigenvalue weighted by Crippen LogP contribution is 2.27. The van der Waals surface area contributed by atoms with Gasteiger partial charge in [-0.2, -0.15) is 11.8 Å². The van der Waals surface area contributed by atoms with Gasteiger partial charge < -0.3 is 15.2 Å². The predicted molar refractivity (Wildman–Crippen MR) is 72.5 cm³/mol. The maximum atomic E-state index is 10.4. The molecule has 2 unspecified atom stereocenters. The zero-order valence-corrected chi connectivity index (χ0v) is 11.8. The fraction of sp³-hybridized carbons (Fsp3) is 1.00. The highest BCUT2D eigenvalue weighted by Gasteiger charge is 2.31. The van der Waals surface area contributed by atoms with Crippen LogP contribution in [0.1, 0.15) is 39.5 Å². The van der Waals surface area contributed by atoms with Crippen LogP contribution in [0.3, 0.4) is 0 Å². The fourth-order valence-electron chi connectivity index (χ4n) is 2.83.